The summed E-state index contributed by atoms with van der Waals surface area (Å²) in [7, 11) is 0. The molecular formula is C22H18FN3O3S. The van der Waals surface area contributed by atoms with Crippen molar-refractivity contribution in [2.45, 2.75) is 26.4 Å². The molecule has 1 aliphatic rings. The molecule has 1 N–H and O–H groups in total. The number of Topliss-reactive ketones (excluding diaryl/α,β-unsaturated/α-hetero) is 1. The van der Waals surface area contributed by atoms with E-state index in [0.29, 0.717) is 21.1 Å². The zero-order valence-corrected chi connectivity index (χ0v) is 17.1. The molecule has 1 aromatic carbocycles. The molecule has 1 atom stereocenters. The molecule has 1 amide bonds. The SMILES string of the molecule is Cc1nc(C)c(C(=O)C2=C(O)C(=O)N(Cc3cccnc3)[C@H]2c2ccccc2F)s1. The van der Waals surface area contributed by atoms with Crippen LogP contribution >= 0.6 is 11.3 Å². The highest BCUT2D eigenvalue weighted by molar-refractivity contribution is 7.14. The number of thiazole rings is 1. The summed E-state index contributed by atoms with van der Waals surface area (Å²) in [4.78, 5) is 36.2. The van der Waals surface area contributed by atoms with Gasteiger partial charge in [-0.15, -0.1) is 11.3 Å². The molecular weight excluding hydrogens is 405 g/mol. The van der Waals surface area contributed by atoms with Crippen LogP contribution in [0.2, 0.25) is 0 Å². The molecule has 8 heteroatoms. The average Bonchev–Trinajstić information content (AvgIpc) is 3.19. The molecule has 2 aromatic heterocycles. The fourth-order valence-electron chi connectivity index (χ4n) is 3.62. The number of aliphatic hydroxyl groups excluding tert-OH is 1. The van der Waals surface area contributed by atoms with Crippen molar-refractivity contribution < 1.29 is 19.1 Å². The van der Waals surface area contributed by atoms with Crippen molar-refractivity contribution in [2.75, 3.05) is 0 Å². The Morgan fingerprint density at radius 1 is 1.23 bits per heavy atom. The molecule has 0 radical (unpaired) electrons. The number of halogens is 1. The maximum absolute atomic E-state index is 14.8. The number of hydrogen-bond donors (Lipinski definition) is 1. The number of carbonyl (C=O) groups is 2. The van der Waals surface area contributed by atoms with Crippen LogP contribution in [0.25, 0.3) is 0 Å². The first-order valence-corrected chi connectivity index (χ1v) is 10.1. The van der Waals surface area contributed by atoms with E-state index < -0.39 is 29.3 Å². The smallest absolute Gasteiger partial charge is 0.290 e. The largest absolute Gasteiger partial charge is 0.503 e. The number of aliphatic hydroxyl groups is 1. The van der Waals surface area contributed by atoms with Gasteiger partial charge >= 0.3 is 0 Å². The average molecular weight is 423 g/mol. The minimum absolute atomic E-state index is 0.0627. The van der Waals surface area contributed by atoms with Gasteiger partial charge in [0.1, 0.15) is 5.82 Å². The number of rotatable bonds is 5. The molecule has 4 rings (SSSR count). The highest BCUT2D eigenvalue weighted by Gasteiger charge is 2.45. The molecule has 0 bridgehead atoms. The number of benzene rings is 1. The lowest BCUT2D eigenvalue weighted by atomic mass is 9.94. The Morgan fingerprint density at radius 2 is 2.00 bits per heavy atom. The maximum Gasteiger partial charge on any atom is 0.290 e. The Labute approximate surface area is 176 Å². The summed E-state index contributed by atoms with van der Waals surface area (Å²) < 4.78 is 14.8. The highest BCUT2D eigenvalue weighted by Crippen LogP contribution is 2.41. The van der Waals surface area contributed by atoms with E-state index in [2.05, 4.69) is 9.97 Å². The van der Waals surface area contributed by atoms with Crippen molar-refractivity contribution in [3.05, 3.63) is 92.6 Å². The van der Waals surface area contributed by atoms with Crippen LogP contribution in [0, 0.1) is 19.7 Å². The summed E-state index contributed by atoms with van der Waals surface area (Å²) in [6, 6.07) is 8.37. The minimum atomic E-state index is -1.06. The van der Waals surface area contributed by atoms with E-state index in [1.54, 1.807) is 44.4 Å². The highest BCUT2D eigenvalue weighted by atomic mass is 32.1. The van der Waals surface area contributed by atoms with Gasteiger partial charge < -0.3 is 10.0 Å². The number of aromatic nitrogens is 2. The van der Waals surface area contributed by atoms with Crippen LogP contribution in [-0.2, 0) is 11.3 Å². The van der Waals surface area contributed by atoms with Crippen molar-refractivity contribution in [2.24, 2.45) is 0 Å². The predicted molar refractivity (Wildman–Crippen MR) is 110 cm³/mol. The third-order valence-corrected chi connectivity index (χ3v) is 6.01. The lowest BCUT2D eigenvalue weighted by Crippen LogP contribution is -2.31. The third kappa shape index (κ3) is 3.39. The first kappa shape index (κ1) is 19.9. The van der Waals surface area contributed by atoms with Crippen LogP contribution in [0.5, 0.6) is 0 Å². The Bertz CT molecular complexity index is 1170. The van der Waals surface area contributed by atoms with Crippen LogP contribution in [-0.4, -0.2) is 31.7 Å². The normalized spacial score (nSPS) is 16.4. The van der Waals surface area contributed by atoms with E-state index in [1.807, 2.05) is 0 Å². The number of carbonyl (C=O) groups excluding carboxylic acids is 2. The molecule has 30 heavy (non-hydrogen) atoms. The standard InChI is InChI=1S/C22H18FN3O3S/c1-12-21(30-13(2)25-12)19(27)17-18(15-7-3-4-8-16(15)23)26(22(29)20(17)28)11-14-6-5-9-24-10-14/h3-10,18,28H,11H2,1-2H3/t18-/m0/s1. The van der Waals surface area contributed by atoms with Crippen LogP contribution < -0.4 is 0 Å². The minimum Gasteiger partial charge on any atom is -0.503 e. The molecule has 152 valence electrons. The van der Waals surface area contributed by atoms with E-state index in [4.69, 9.17) is 0 Å². The number of pyridine rings is 1. The predicted octanol–water partition coefficient (Wildman–Crippen LogP) is 4.07. The summed E-state index contributed by atoms with van der Waals surface area (Å²) >= 11 is 1.18. The van der Waals surface area contributed by atoms with Gasteiger partial charge in [-0.1, -0.05) is 24.3 Å². The summed E-state index contributed by atoms with van der Waals surface area (Å²) in [5, 5.41) is 11.4. The van der Waals surface area contributed by atoms with E-state index in [0.717, 1.165) is 0 Å². The van der Waals surface area contributed by atoms with Gasteiger partial charge in [0.15, 0.2) is 5.76 Å². The number of aryl methyl sites for hydroxylation is 2. The van der Waals surface area contributed by atoms with Gasteiger partial charge in [-0.25, -0.2) is 9.37 Å². The van der Waals surface area contributed by atoms with Crippen LogP contribution in [0.1, 0.15) is 37.5 Å². The van der Waals surface area contributed by atoms with Crippen molar-refractivity contribution in [1.29, 1.82) is 0 Å². The van der Waals surface area contributed by atoms with E-state index >= 15 is 0 Å². The lowest BCUT2D eigenvalue weighted by molar-refractivity contribution is -0.130. The summed E-state index contributed by atoms with van der Waals surface area (Å²) in [6.45, 7) is 3.52. The molecule has 6 nitrogen and oxygen atoms in total. The molecule has 0 spiro atoms. The van der Waals surface area contributed by atoms with Gasteiger partial charge in [0.25, 0.3) is 5.91 Å². The fourth-order valence-corrected chi connectivity index (χ4v) is 4.50. The Hall–Kier alpha value is -3.39. The van der Waals surface area contributed by atoms with Crippen molar-refractivity contribution in [1.82, 2.24) is 14.9 Å². The Kier molecular flexibility index (Phi) is 5.17. The number of hydrogen-bond acceptors (Lipinski definition) is 6. The maximum atomic E-state index is 14.8. The van der Waals surface area contributed by atoms with E-state index in [-0.39, 0.29) is 17.7 Å². The molecule has 1 aliphatic heterocycles. The molecule has 0 saturated heterocycles. The first-order valence-electron chi connectivity index (χ1n) is 9.24. The van der Waals surface area contributed by atoms with E-state index in [1.165, 1.54) is 34.4 Å². The van der Waals surface area contributed by atoms with Gasteiger partial charge in [0, 0.05) is 24.5 Å². The zero-order chi connectivity index (χ0) is 21.4. The zero-order valence-electron chi connectivity index (χ0n) is 16.3. The number of nitrogens with zero attached hydrogens (tertiary/aromatic N) is 3. The molecule has 0 aliphatic carbocycles. The van der Waals surface area contributed by atoms with Crippen LogP contribution in [0.4, 0.5) is 4.39 Å². The summed E-state index contributed by atoms with van der Waals surface area (Å²) in [6.07, 6.45) is 3.18. The van der Waals surface area contributed by atoms with Gasteiger partial charge in [-0.05, 0) is 31.5 Å². The quantitative estimate of drug-likeness (QED) is 0.626. The molecule has 3 heterocycles. The van der Waals surface area contributed by atoms with Crippen molar-refractivity contribution in [3.8, 4) is 0 Å². The fraction of sp³-hybridized carbons (Fsp3) is 0.182. The number of amides is 1. The third-order valence-electron chi connectivity index (χ3n) is 4.93. The van der Waals surface area contributed by atoms with Crippen molar-refractivity contribution in [3.63, 3.8) is 0 Å². The Balaban J connectivity index is 1.84. The second-order valence-corrected chi connectivity index (χ2v) is 8.16. The van der Waals surface area contributed by atoms with Gasteiger partial charge in [0.2, 0.25) is 5.78 Å². The lowest BCUT2D eigenvalue weighted by Gasteiger charge is -2.27. The second kappa shape index (κ2) is 7.79. The van der Waals surface area contributed by atoms with Gasteiger partial charge in [0.05, 0.1) is 27.2 Å². The van der Waals surface area contributed by atoms with Gasteiger partial charge in [-0.3, -0.25) is 14.6 Å². The van der Waals surface area contributed by atoms with E-state index in [9.17, 15) is 19.1 Å². The van der Waals surface area contributed by atoms with Gasteiger partial charge in [-0.2, -0.15) is 0 Å². The number of ketones is 1. The van der Waals surface area contributed by atoms with Crippen molar-refractivity contribution >= 4 is 23.0 Å². The monoisotopic (exact) mass is 423 g/mol. The Morgan fingerprint density at radius 3 is 2.63 bits per heavy atom. The summed E-state index contributed by atoms with van der Waals surface area (Å²) in [5.41, 5.74) is 1.20. The second-order valence-electron chi connectivity index (χ2n) is 6.96. The van der Waals surface area contributed by atoms with Crippen LogP contribution in [0.3, 0.4) is 0 Å². The molecule has 0 fully saturated rings. The summed E-state index contributed by atoms with van der Waals surface area (Å²) in [5.74, 6) is -2.48. The topological polar surface area (TPSA) is 83.4 Å². The molecule has 0 saturated carbocycles. The van der Waals surface area contributed by atoms with Crippen LogP contribution in [0.15, 0.2) is 60.1 Å². The molecule has 3 aromatic rings. The first-order chi connectivity index (χ1) is 14.4. The molecule has 0 unspecified atom stereocenters.